The third-order valence-electron chi connectivity index (χ3n) is 5.81. The minimum absolute atomic E-state index is 0.134. The van der Waals surface area contributed by atoms with Gasteiger partial charge in [0.15, 0.2) is 0 Å². The minimum Gasteiger partial charge on any atom is -0.337 e. The van der Waals surface area contributed by atoms with Gasteiger partial charge >= 0.3 is 0 Å². The Bertz CT molecular complexity index is 867. The predicted molar refractivity (Wildman–Crippen MR) is 112 cm³/mol. The van der Waals surface area contributed by atoms with Crippen LogP contribution in [-0.4, -0.2) is 30.8 Å². The first-order valence-corrected chi connectivity index (χ1v) is 10.7. The van der Waals surface area contributed by atoms with Gasteiger partial charge in [0.25, 0.3) is 0 Å². The minimum atomic E-state index is -0.134. The molecule has 1 aliphatic carbocycles. The molecule has 0 unspecified atom stereocenters. The molecule has 1 aliphatic rings. The van der Waals surface area contributed by atoms with E-state index in [2.05, 4.69) is 30.4 Å². The number of hydrogen-bond donors (Lipinski definition) is 0. The second-order valence-electron chi connectivity index (χ2n) is 8.08. The van der Waals surface area contributed by atoms with E-state index in [1.54, 1.807) is 18.3 Å². The number of nitrogens with zero attached hydrogens (tertiary/aromatic N) is 5. The molecule has 2 heterocycles. The van der Waals surface area contributed by atoms with Gasteiger partial charge in [0.2, 0.25) is 0 Å². The molecule has 0 atom stereocenters. The summed E-state index contributed by atoms with van der Waals surface area (Å²) in [4.78, 5) is 6.42. The lowest BCUT2D eigenvalue weighted by atomic mass is 9.96. The first kappa shape index (κ1) is 19.8. The molecule has 5 nitrogen and oxygen atoms in total. The van der Waals surface area contributed by atoms with Gasteiger partial charge in [0.05, 0.1) is 18.6 Å². The van der Waals surface area contributed by atoms with E-state index in [-0.39, 0.29) is 5.82 Å². The lowest BCUT2D eigenvalue weighted by molar-refractivity contribution is 0.245. The quantitative estimate of drug-likeness (QED) is 0.522. The largest absolute Gasteiger partial charge is 0.337 e. The summed E-state index contributed by atoms with van der Waals surface area (Å²) >= 11 is 0. The van der Waals surface area contributed by atoms with E-state index in [0.29, 0.717) is 12.6 Å². The maximum absolute atomic E-state index is 14.2. The summed E-state index contributed by atoms with van der Waals surface area (Å²) in [7, 11) is 0. The topological polar surface area (TPSA) is 38.9 Å². The van der Waals surface area contributed by atoms with E-state index < -0.39 is 0 Å². The molecule has 0 amide bonds. The zero-order valence-electron chi connectivity index (χ0n) is 17.0. The molecule has 0 N–H and O–H groups in total. The van der Waals surface area contributed by atoms with Crippen molar-refractivity contribution in [3.05, 3.63) is 72.3 Å². The Morgan fingerprint density at radius 1 is 1.10 bits per heavy atom. The molecule has 2 aromatic heterocycles. The molecule has 1 saturated carbocycles. The normalized spacial score (nSPS) is 15.2. The van der Waals surface area contributed by atoms with Crippen molar-refractivity contribution >= 4 is 0 Å². The maximum Gasteiger partial charge on any atom is 0.127 e. The van der Waals surface area contributed by atoms with Crippen molar-refractivity contribution in [2.75, 3.05) is 6.54 Å². The van der Waals surface area contributed by atoms with Crippen LogP contribution >= 0.6 is 0 Å². The van der Waals surface area contributed by atoms with Crippen LogP contribution in [0.4, 0.5) is 4.39 Å². The zero-order valence-corrected chi connectivity index (χ0v) is 17.0. The Morgan fingerprint density at radius 2 is 1.97 bits per heavy atom. The Kier molecular flexibility index (Phi) is 6.72. The van der Waals surface area contributed by atoms with E-state index in [0.717, 1.165) is 31.6 Å². The van der Waals surface area contributed by atoms with E-state index in [4.69, 9.17) is 0 Å². The van der Waals surface area contributed by atoms with Crippen molar-refractivity contribution in [1.29, 1.82) is 0 Å². The molecule has 0 spiro atoms. The van der Waals surface area contributed by atoms with Gasteiger partial charge in [-0.05, 0) is 25.3 Å². The van der Waals surface area contributed by atoms with E-state index in [9.17, 15) is 4.39 Å². The number of aryl methyl sites for hydroxylation is 1. The van der Waals surface area contributed by atoms with E-state index in [1.165, 1.54) is 37.7 Å². The SMILES string of the molecule is Fc1ccccc1CN(CCCn1ccnc1)Cc1cnn(C2CCCCC2)c1. The highest BCUT2D eigenvalue weighted by Crippen LogP contribution is 2.27. The second kappa shape index (κ2) is 9.83. The van der Waals surface area contributed by atoms with Crippen LogP contribution in [0.25, 0.3) is 0 Å². The van der Waals surface area contributed by atoms with Gasteiger partial charge in [-0.25, -0.2) is 9.37 Å². The van der Waals surface area contributed by atoms with Crippen molar-refractivity contribution < 1.29 is 4.39 Å². The van der Waals surface area contributed by atoms with Crippen LogP contribution in [0.1, 0.15) is 55.7 Å². The van der Waals surface area contributed by atoms with E-state index in [1.807, 2.05) is 30.9 Å². The van der Waals surface area contributed by atoms with E-state index >= 15 is 0 Å². The average Bonchev–Trinajstić information content (AvgIpc) is 3.43. The monoisotopic (exact) mass is 395 g/mol. The highest BCUT2D eigenvalue weighted by molar-refractivity contribution is 5.17. The first-order valence-electron chi connectivity index (χ1n) is 10.7. The molecule has 6 heteroatoms. The zero-order chi connectivity index (χ0) is 19.9. The standard InChI is InChI=1S/C23H30FN5/c24-23-10-5-4-7-21(23)18-28(13-6-12-27-14-11-25-19-27)16-20-15-26-29(17-20)22-8-2-1-3-9-22/h4-5,7,10-11,14-15,17,19,22H,1-3,6,8-9,12-13,16,18H2. The van der Waals surface area contributed by atoms with Crippen LogP contribution in [0.2, 0.25) is 0 Å². The average molecular weight is 396 g/mol. The van der Waals surface area contributed by atoms with Crippen molar-refractivity contribution in [2.24, 2.45) is 0 Å². The number of rotatable bonds is 9. The summed E-state index contributed by atoms with van der Waals surface area (Å²) in [5, 5.41) is 4.64. The number of benzene rings is 1. The summed E-state index contributed by atoms with van der Waals surface area (Å²) in [6.07, 6.45) is 17.2. The van der Waals surface area contributed by atoms with Crippen LogP contribution < -0.4 is 0 Å². The Hall–Kier alpha value is -2.47. The van der Waals surface area contributed by atoms with Gasteiger partial charge in [-0.2, -0.15) is 5.10 Å². The van der Waals surface area contributed by atoms with Gasteiger partial charge < -0.3 is 4.57 Å². The van der Waals surface area contributed by atoms with Crippen molar-refractivity contribution in [3.63, 3.8) is 0 Å². The number of aromatic nitrogens is 4. The molecule has 4 rings (SSSR count). The molecule has 1 fully saturated rings. The smallest absolute Gasteiger partial charge is 0.127 e. The Labute approximate surface area is 172 Å². The van der Waals surface area contributed by atoms with Crippen molar-refractivity contribution in [3.8, 4) is 0 Å². The molecule has 1 aromatic carbocycles. The van der Waals surface area contributed by atoms with Crippen LogP contribution in [0.5, 0.6) is 0 Å². The van der Waals surface area contributed by atoms with Gasteiger partial charge in [-0.3, -0.25) is 9.58 Å². The van der Waals surface area contributed by atoms with Crippen LogP contribution in [0, 0.1) is 5.82 Å². The summed E-state index contributed by atoms with van der Waals surface area (Å²) in [5.41, 5.74) is 1.95. The summed E-state index contributed by atoms with van der Waals surface area (Å²) < 4.78 is 18.5. The molecule has 0 saturated heterocycles. The highest BCUT2D eigenvalue weighted by atomic mass is 19.1. The first-order chi connectivity index (χ1) is 14.3. The molecule has 0 bridgehead atoms. The predicted octanol–water partition coefficient (Wildman–Crippen LogP) is 4.82. The number of imidazole rings is 1. The van der Waals surface area contributed by atoms with Crippen LogP contribution in [0.3, 0.4) is 0 Å². The van der Waals surface area contributed by atoms with Crippen molar-refractivity contribution in [1.82, 2.24) is 24.2 Å². The number of halogens is 1. The van der Waals surface area contributed by atoms with Gasteiger partial charge in [-0.15, -0.1) is 0 Å². The molecule has 0 radical (unpaired) electrons. The molecule has 3 aromatic rings. The lowest BCUT2D eigenvalue weighted by Crippen LogP contribution is -2.25. The summed E-state index contributed by atoms with van der Waals surface area (Å²) in [5.74, 6) is -0.134. The fraction of sp³-hybridized carbons (Fsp3) is 0.478. The van der Waals surface area contributed by atoms with Gasteiger partial charge in [0.1, 0.15) is 5.82 Å². The van der Waals surface area contributed by atoms with Crippen molar-refractivity contribution in [2.45, 2.75) is 64.2 Å². The lowest BCUT2D eigenvalue weighted by Gasteiger charge is -2.23. The highest BCUT2D eigenvalue weighted by Gasteiger charge is 2.17. The molecule has 0 aliphatic heterocycles. The second-order valence-corrected chi connectivity index (χ2v) is 8.08. The van der Waals surface area contributed by atoms with Crippen LogP contribution in [-0.2, 0) is 19.6 Å². The number of hydrogen-bond acceptors (Lipinski definition) is 3. The summed E-state index contributed by atoms with van der Waals surface area (Å²) in [6.45, 7) is 3.19. The third-order valence-corrected chi connectivity index (χ3v) is 5.81. The van der Waals surface area contributed by atoms with Gasteiger partial charge in [0, 0.05) is 55.9 Å². The molecular weight excluding hydrogens is 365 g/mol. The third kappa shape index (κ3) is 5.54. The fourth-order valence-electron chi connectivity index (χ4n) is 4.24. The molecule has 29 heavy (non-hydrogen) atoms. The van der Waals surface area contributed by atoms with Crippen LogP contribution in [0.15, 0.2) is 55.4 Å². The fourth-order valence-corrected chi connectivity index (χ4v) is 4.24. The molecule has 154 valence electrons. The maximum atomic E-state index is 14.2. The van der Waals surface area contributed by atoms with Gasteiger partial charge in [-0.1, -0.05) is 37.5 Å². The molecular formula is C23H30FN5. The Balaban J connectivity index is 1.41. The summed E-state index contributed by atoms with van der Waals surface area (Å²) in [6, 6.07) is 7.61. The Morgan fingerprint density at radius 3 is 2.76 bits per heavy atom.